The Morgan fingerprint density at radius 2 is 2.05 bits per heavy atom. The molecule has 22 heavy (non-hydrogen) atoms. The molecule has 1 aromatic heterocycles. The second-order valence-corrected chi connectivity index (χ2v) is 7.55. The van der Waals surface area contributed by atoms with E-state index in [0.29, 0.717) is 18.3 Å². The third kappa shape index (κ3) is 4.67. The largest absolute Gasteiger partial charge is 0.336 e. The number of carbonyl (C=O) groups is 1. The quantitative estimate of drug-likeness (QED) is 0.845. The second-order valence-electron chi connectivity index (χ2n) is 5.58. The van der Waals surface area contributed by atoms with E-state index in [9.17, 15) is 13.2 Å². The summed E-state index contributed by atoms with van der Waals surface area (Å²) in [5, 5.41) is 5.44. The zero-order valence-corrected chi connectivity index (χ0v) is 13.7. The highest BCUT2D eigenvalue weighted by molar-refractivity contribution is 7.90. The molecule has 0 aromatic carbocycles. The first kappa shape index (κ1) is 16.7. The van der Waals surface area contributed by atoms with E-state index in [-0.39, 0.29) is 11.1 Å². The number of urea groups is 1. The minimum Gasteiger partial charge on any atom is -0.336 e. The minimum absolute atomic E-state index is 0.0129. The molecule has 1 fully saturated rings. The number of aromatic nitrogens is 1. The fraction of sp³-hybridized carbons (Fsp3) is 0.571. The van der Waals surface area contributed by atoms with E-state index in [1.165, 1.54) is 31.2 Å². The molecule has 122 valence electrons. The normalized spacial score (nSPS) is 17.2. The number of amides is 2. The number of anilines is 1. The number of hydrogen-bond donors (Lipinski definition) is 2. The van der Waals surface area contributed by atoms with E-state index in [1.807, 2.05) is 0 Å². The van der Waals surface area contributed by atoms with Crippen molar-refractivity contribution in [1.29, 1.82) is 0 Å². The van der Waals surface area contributed by atoms with Gasteiger partial charge in [-0.25, -0.2) is 18.2 Å². The third-order valence-electron chi connectivity index (χ3n) is 3.70. The first-order chi connectivity index (χ1) is 10.4. The lowest BCUT2D eigenvalue weighted by Gasteiger charge is -2.23. The highest BCUT2D eigenvalue weighted by atomic mass is 32.2. The summed E-state index contributed by atoms with van der Waals surface area (Å²) in [6.45, 7) is 4.83. The van der Waals surface area contributed by atoms with Crippen LogP contribution in [0.5, 0.6) is 0 Å². The van der Waals surface area contributed by atoms with Crippen LogP contribution in [-0.2, 0) is 9.84 Å². The lowest BCUT2D eigenvalue weighted by molar-refractivity contribution is 0.234. The van der Waals surface area contributed by atoms with Crippen molar-refractivity contribution in [1.82, 2.24) is 15.2 Å². The molecule has 7 nitrogen and oxygen atoms in total. The smallest absolute Gasteiger partial charge is 0.319 e. The minimum atomic E-state index is -3.32. The molecular weight excluding hydrogens is 304 g/mol. The van der Waals surface area contributed by atoms with Gasteiger partial charge in [-0.3, -0.25) is 4.90 Å². The second kappa shape index (κ2) is 7.06. The van der Waals surface area contributed by atoms with Gasteiger partial charge in [-0.05, 0) is 45.0 Å². The van der Waals surface area contributed by atoms with E-state index < -0.39 is 9.84 Å². The molecule has 2 amide bonds. The molecule has 1 aliphatic rings. The summed E-state index contributed by atoms with van der Waals surface area (Å²) in [6, 6.07) is 2.88. The molecule has 0 radical (unpaired) electrons. The van der Waals surface area contributed by atoms with Gasteiger partial charge in [0, 0.05) is 18.8 Å². The van der Waals surface area contributed by atoms with Crippen molar-refractivity contribution in [3.05, 3.63) is 18.3 Å². The average molecular weight is 326 g/mol. The average Bonchev–Trinajstić information content (AvgIpc) is 2.98. The zero-order valence-electron chi connectivity index (χ0n) is 12.9. The van der Waals surface area contributed by atoms with Crippen molar-refractivity contribution in [3.63, 3.8) is 0 Å². The predicted octanol–water partition coefficient (Wildman–Crippen LogP) is 1.09. The molecule has 0 saturated carbocycles. The molecule has 2 N–H and O–H groups in total. The number of pyridine rings is 1. The molecule has 8 heteroatoms. The van der Waals surface area contributed by atoms with Gasteiger partial charge in [-0.2, -0.15) is 0 Å². The number of likely N-dealkylation sites (tertiary alicyclic amines) is 1. The van der Waals surface area contributed by atoms with Gasteiger partial charge in [-0.1, -0.05) is 0 Å². The van der Waals surface area contributed by atoms with E-state index in [0.717, 1.165) is 19.3 Å². The van der Waals surface area contributed by atoms with Crippen LogP contribution in [0.15, 0.2) is 23.4 Å². The van der Waals surface area contributed by atoms with Crippen LogP contribution in [0.4, 0.5) is 10.5 Å². The van der Waals surface area contributed by atoms with Gasteiger partial charge in [-0.15, -0.1) is 0 Å². The number of nitrogens with one attached hydrogen (secondary N) is 2. The summed E-state index contributed by atoms with van der Waals surface area (Å²) in [4.78, 5) is 18.0. The van der Waals surface area contributed by atoms with Gasteiger partial charge in [0.2, 0.25) is 0 Å². The molecular formula is C14H22N4O3S. The Bertz CT molecular complexity index is 609. The van der Waals surface area contributed by atoms with Crippen molar-refractivity contribution in [2.24, 2.45) is 0 Å². The van der Waals surface area contributed by atoms with Crippen molar-refractivity contribution in [2.75, 3.05) is 31.2 Å². The lowest BCUT2D eigenvalue weighted by atomic mass is 10.3. The number of rotatable bonds is 5. The molecule has 1 saturated heterocycles. The SMILES string of the molecule is CC(CNC(=O)Nc1ccc(S(C)(=O)=O)nc1)N1CCCC1. The monoisotopic (exact) mass is 326 g/mol. The van der Waals surface area contributed by atoms with Gasteiger partial charge in [0.15, 0.2) is 14.9 Å². The molecule has 1 atom stereocenters. The lowest BCUT2D eigenvalue weighted by Crippen LogP contribution is -2.42. The van der Waals surface area contributed by atoms with Crippen molar-refractivity contribution < 1.29 is 13.2 Å². The van der Waals surface area contributed by atoms with Crippen LogP contribution in [0.3, 0.4) is 0 Å². The fourth-order valence-corrected chi connectivity index (χ4v) is 2.96. The Hall–Kier alpha value is -1.67. The summed E-state index contributed by atoms with van der Waals surface area (Å²) in [5.74, 6) is 0. The number of sulfone groups is 1. The Morgan fingerprint density at radius 3 is 2.59 bits per heavy atom. The Morgan fingerprint density at radius 1 is 1.36 bits per heavy atom. The highest BCUT2D eigenvalue weighted by Crippen LogP contribution is 2.11. The standard InChI is InChI=1S/C14H22N4O3S/c1-11(18-7-3-4-8-18)9-16-14(19)17-12-5-6-13(15-10-12)22(2,20)21/h5-6,10-11H,3-4,7-9H2,1-2H3,(H2,16,17,19). The Kier molecular flexibility index (Phi) is 5.36. The summed E-state index contributed by atoms with van der Waals surface area (Å²) >= 11 is 0. The van der Waals surface area contributed by atoms with Crippen molar-refractivity contribution in [2.45, 2.75) is 30.8 Å². The number of hydrogen-bond acceptors (Lipinski definition) is 5. The van der Waals surface area contributed by atoms with E-state index in [1.54, 1.807) is 0 Å². The molecule has 2 rings (SSSR count). The summed E-state index contributed by atoms with van der Waals surface area (Å²) in [6.07, 6.45) is 4.86. The topological polar surface area (TPSA) is 91.4 Å². The van der Waals surface area contributed by atoms with Gasteiger partial charge >= 0.3 is 6.03 Å². The Labute approximate surface area is 131 Å². The van der Waals surface area contributed by atoms with Crippen LogP contribution in [-0.4, -0.2) is 56.3 Å². The maximum absolute atomic E-state index is 11.8. The molecule has 1 aromatic rings. The summed E-state index contributed by atoms with van der Waals surface area (Å²) in [5.41, 5.74) is 0.457. The summed E-state index contributed by atoms with van der Waals surface area (Å²) < 4.78 is 22.6. The maximum Gasteiger partial charge on any atom is 0.319 e. The van der Waals surface area contributed by atoms with Crippen LogP contribution in [0.2, 0.25) is 0 Å². The van der Waals surface area contributed by atoms with E-state index in [4.69, 9.17) is 0 Å². The van der Waals surface area contributed by atoms with Crippen molar-refractivity contribution in [3.8, 4) is 0 Å². The Balaban J connectivity index is 1.81. The fourth-order valence-electron chi connectivity index (χ4n) is 2.40. The molecule has 2 heterocycles. The van der Waals surface area contributed by atoms with Crippen LogP contribution < -0.4 is 10.6 Å². The van der Waals surface area contributed by atoms with Gasteiger partial charge in [0.1, 0.15) is 0 Å². The molecule has 0 aliphatic carbocycles. The van der Waals surface area contributed by atoms with Crippen molar-refractivity contribution >= 4 is 21.6 Å². The summed E-state index contributed by atoms with van der Waals surface area (Å²) in [7, 11) is -3.32. The van der Waals surface area contributed by atoms with Crippen LogP contribution in [0.1, 0.15) is 19.8 Å². The van der Waals surface area contributed by atoms with E-state index >= 15 is 0 Å². The van der Waals surface area contributed by atoms with Crippen LogP contribution >= 0.6 is 0 Å². The van der Waals surface area contributed by atoms with Crippen LogP contribution in [0.25, 0.3) is 0 Å². The molecule has 1 aliphatic heterocycles. The molecule has 0 spiro atoms. The maximum atomic E-state index is 11.8. The highest BCUT2D eigenvalue weighted by Gasteiger charge is 2.18. The van der Waals surface area contributed by atoms with Gasteiger partial charge in [0.25, 0.3) is 0 Å². The van der Waals surface area contributed by atoms with Gasteiger partial charge < -0.3 is 10.6 Å². The van der Waals surface area contributed by atoms with E-state index in [2.05, 4.69) is 27.4 Å². The number of carbonyl (C=O) groups excluding carboxylic acids is 1. The molecule has 0 bridgehead atoms. The number of nitrogens with zero attached hydrogens (tertiary/aromatic N) is 2. The van der Waals surface area contributed by atoms with Gasteiger partial charge in [0.05, 0.1) is 11.9 Å². The molecule has 1 unspecified atom stereocenters. The predicted molar refractivity (Wildman–Crippen MR) is 84.6 cm³/mol. The first-order valence-corrected chi connectivity index (χ1v) is 9.20. The third-order valence-corrected chi connectivity index (χ3v) is 4.70. The first-order valence-electron chi connectivity index (χ1n) is 7.31. The zero-order chi connectivity index (χ0) is 16.2. The van der Waals surface area contributed by atoms with Crippen LogP contribution in [0, 0.1) is 0 Å².